The van der Waals surface area contributed by atoms with Crippen molar-refractivity contribution < 1.29 is 13.9 Å². The summed E-state index contributed by atoms with van der Waals surface area (Å²) in [6, 6.07) is 13.8. The lowest BCUT2D eigenvalue weighted by Gasteiger charge is -2.25. The van der Waals surface area contributed by atoms with Crippen LogP contribution >= 0.6 is 11.3 Å². The number of hydrogen-bond donors (Lipinski definition) is 1. The molecule has 0 spiro atoms. The molecule has 0 aliphatic carbocycles. The zero-order chi connectivity index (χ0) is 20.1. The number of rotatable bonds is 7. The first-order valence-corrected chi connectivity index (χ1v) is 9.66. The van der Waals surface area contributed by atoms with Gasteiger partial charge in [-0.05, 0) is 56.1 Å². The van der Waals surface area contributed by atoms with Crippen LogP contribution in [0.25, 0.3) is 10.6 Å². The van der Waals surface area contributed by atoms with Gasteiger partial charge in [0.15, 0.2) is 0 Å². The predicted molar refractivity (Wildman–Crippen MR) is 109 cm³/mol. The molecule has 3 rings (SSSR count). The Morgan fingerprint density at radius 1 is 1.18 bits per heavy atom. The van der Waals surface area contributed by atoms with Gasteiger partial charge in [-0.2, -0.15) is 0 Å². The van der Waals surface area contributed by atoms with E-state index >= 15 is 0 Å². The molecule has 1 unspecified atom stereocenters. The van der Waals surface area contributed by atoms with Crippen LogP contribution < -0.4 is 10.1 Å². The van der Waals surface area contributed by atoms with Gasteiger partial charge in [0.05, 0.1) is 13.2 Å². The van der Waals surface area contributed by atoms with Crippen LogP contribution in [-0.4, -0.2) is 43.5 Å². The Labute approximate surface area is 167 Å². The summed E-state index contributed by atoms with van der Waals surface area (Å²) < 4.78 is 18.3. The lowest BCUT2D eigenvalue weighted by Crippen LogP contribution is -2.34. The Balaban J connectivity index is 1.67. The van der Waals surface area contributed by atoms with E-state index < -0.39 is 0 Å². The molecule has 1 amide bonds. The Bertz CT molecular complexity index is 924. The van der Waals surface area contributed by atoms with Crippen LogP contribution in [-0.2, 0) is 0 Å². The maximum absolute atomic E-state index is 13.2. The van der Waals surface area contributed by atoms with Crippen molar-refractivity contribution in [3.05, 3.63) is 71.0 Å². The number of nitrogens with zero attached hydrogens (tertiary/aromatic N) is 2. The first-order valence-electron chi connectivity index (χ1n) is 8.78. The lowest BCUT2D eigenvalue weighted by atomic mass is 10.1. The highest BCUT2D eigenvalue weighted by Gasteiger charge is 2.17. The summed E-state index contributed by atoms with van der Waals surface area (Å²) in [5.41, 5.74) is 2.25. The second-order valence-corrected chi connectivity index (χ2v) is 7.37. The number of halogens is 1. The van der Waals surface area contributed by atoms with E-state index in [0.29, 0.717) is 12.2 Å². The van der Waals surface area contributed by atoms with E-state index in [1.807, 2.05) is 43.3 Å². The molecule has 0 aliphatic rings. The maximum Gasteiger partial charge on any atom is 0.270 e. The first-order chi connectivity index (χ1) is 13.5. The van der Waals surface area contributed by atoms with Crippen LogP contribution in [0.2, 0.25) is 0 Å². The van der Waals surface area contributed by atoms with Crippen molar-refractivity contribution in [3.63, 3.8) is 0 Å². The summed E-state index contributed by atoms with van der Waals surface area (Å²) >= 11 is 1.42. The highest BCUT2D eigenvalue weighted by molar-refractivity contribution is 7.13. The highest BCUT2D eigenvalue weighted by Crippen LogP contribution is 2.26. The van der Waals surface area contributed by atoms with E-state index in [4.69, 9.17) is 4.74 Å². The molecular weight excluding hydrogens is 377 g/mol. The first kappa shape index (κ1) is 20.0. The van der Waals surface area contributed by atoms with Gasteiger partial charge in [0.2, 0.25) is 0 Å². The fourth-order valence-electron chi connectivity index (χ4n) is 2.81. The molecule has 0 saturated carbocycles. The minimum Gasteiger partial charge on any atom is -0.497 e. The molecule has 0 aliphatic heterocycles. The van der Waals surface area contributed by atoms with Gasteiger partial charge in [-0.15, -0.1) is 11.3 Å². The Morgan fingerprint density at radius 3 is 2.46 bits per heavy atom. The van der Waals surface area contributed by atoms with Crippen LogP contribution in [0.3, 0.4) is 0 Å². The predicted octanol–water partition coefficient (Wildman–Crippen LogP) is 3.99. The van der Waals surface area contributed by atoms with Gasteiger partial charge in [-0.3, -0.25) is 4.79 Å². The summed E-state index contributed by atoms with van der Waals surface area (Å²) in [6.07, 6.45) is 0. The zero-order valence-electron chi connectivity index (χ0n) is 16.0. The second-order valence-electron chi connectivity index (χ2n) is 6.51. The van der Waals surface area contributed by atoms with Crippen molar-refractivity contribution in [1.29, 1.82) is 0 Å². The van der Waals surface area contributed by atoms with Crippen molar-refractivity contribution in [1.82, 2.24) is 15.2 Å². The molecule has 146 valence electrons. The van der Waals surface area contributed by atoms with Crippen molar-refractivity contribution >= 4 is 17.2 Å². The molecule has 5 nitrogen and oxygen atoms in total. The maximum atomic E-state index is 13.2. The van der Waals surface area contributed by atoms with Gasteiger partial charge in [0.1, 0.15) is 22.3 Å². The fraction of sp³-hybridized carbons (Fsp3) is 0.238. The number of nitrogens with one attached hydrogen (secondary N) is 1. The molecule has 0 saturated heterocycles. The van der Waals surface area contributed by atoms with Crippen molar-refractivity contribution in [2.24, 2.45) is 0 Å². The second kappa shape index (κ2) is 8.95. The van der Waals surface area contributed by atoms with Crippen molar-refractivity contribution in [2.45, 2.75) is 6.04 Å². The van der Waals surface area contributed by atoms with E-state index in [0.717, 1.165) is 21.9 Å². The molecule has 28 heavy (non-hydrogen) atoms. The summed E-state index contributed by atoms with van der Waals surface area (Å²) in [4.78, 5) is 19.0. The van der Waals surface area contributed by atoms with Crippen molar-refractivity contribution in [3.8, 4) is 16.3 Å². The minimum atomic E-state index is -0.279. The number of ether oxygens (including phenoxy) is 1. The van der Waals surface area contributed by atoms with E-state index in [2.05, 4.69) is 10.3 Å². The zero-order valence-corrected chi connectivity index (χ0v) is 16.8. The SMILES string of the molecule is COc1ccc(-c2nc(C(=O)NCC(c3ccc(F)cc3)N(C)C)cs2)cc1. The molecule has 1 N–H and O–H groups in total. The number of methoxy groups -OCH3 is 1. The normalized spacial score (nSPS) is 12.0. The summed E-state index contributed by atoms with van der Waals surface area (Å²) in [7, 11) is 5.46. The number of aromatic nitrogens is 1. The van der Waals surface area contributed by atoms with Crippen molar-refractivity contribution in [2.75, 3.05) is 27.7 Å². The summed E-state index contributed by atoms with van der Waals surface area (Å²) in [5, 5.41) is 5.45. The van der Waals surface area contributed by atoms with Gasteiger partial charge in [0.25, 0.3) is 5.91 Å². The molecule has 0 radical (unpaired) electrons. The van der Waals surface area contributed by atoms with E-state index in [9.17, 15) is 9.18 Å². The highest BCUT2D eigenvalue weighted by atomic mass is 32.1. The summed E-state index contributed by atoms with van der Waals surface area (Å²) in [6.45, 7) is 0.396. The number of benzene rings is 2. The van der Waals surface area contributed by atoms with Gasteiger partial charge in [-0.25, -0.2) is 9.37 Å². The number of likely N-dealkylation sites (N-methyl/N-ethyl adjacent to an activating group) is 1. The standard InChI is InChI=1S/C21H22FN3O2S/c1-25(2)19(14-4-8-16(22)9-5-14)12-23-20(26)18-13-28-21(24-18)15-6-10-17(27-3)11-7-15/h4-11,13,19H,12H2,1-3H3,(H,23,26). The van der Waals surface area contributed by atoms with Crippen LogP contribution in [0.15, 0.2) is 53.9 Å². The Kier molecular flexibility index (Phi) is 6.38. The largest absolute Gasteiger partial charge is 0.497 e. The molecule has 7 heteroatoms. The number of thiazole rings is 1. The van der Waals surface area contributed by atoms with Crippen LogP contribution in [0, 0.1) is 5.82 Å². The molecule has 1 aromatic heterocycles. The molecule has 1 heterocycles. The van der Waals surface area contributed by atoms with Crippen LogP contribution in [0.5, 0.6) is 5.75 Å². The Hall–Kier alpha value is -2.77. The van der Waals surface area contributed by atoms with E-state index in [1.165, 1.54) is 23.5 Å². The molecule has 2 aromatic carbocycles. The number of amides is 1. The Morgan fingerprint density at radius 2 is 1.86 bits per heavy atom. The van der Waals surface area contributed by atoms with Crippen LogP contribution in [0.1, 0.15) is 22.1 Å². The van der Waals surface area contributed by atoms with Gasteiger partial charge >= 0.3 is 0 Å². The number of carbonyl (C=O) groups is 1. The monoisotopic (exact) mass is 399 g/mol. The third kappa shape index (κ3) is 4.74. The summed E-state index contributed by atoms with van der Waals surface area (Å²) in [5.74, 6) is 0.262. The topological polar surface area (TPSA) is 54.5 Å². The van der Waals surface area contributed by atoms with Gasteiger partial charge < -0.3 is 15.0 Å². The molecule has 3 aromatic rings. The minimum absolute atomic E-state index is 0.0655. The van der Waals surface area contributed by atoms with Crippen LogP contribution in [0.4, 0.5) is 4.39 Å². The third-order valence-corrected chi connectivity index (χ3v) is 5.30. The molecule has 0 bridgehead atoms. The van der Waals surface area contributed by atoms with Gasteiger partial charge in [-0.1, -0.05) is 12.1 Å². The number of carbonyl (C=O) groups excluding carboxylic acids is 1. The van der Waals surface area contributed by atoms with E-state index in [-0.39, 0.29) is 17.8 Å². The number of hydrogen-bond acceptors (Lipinski definition) is 5. The molecule has 1 atom stereocenters. The third-order valence-electron chi connectivity index (χ3n) is 4.41. The average Bonchev–Trinajstić information content (AvgIpc) is 3.19. The smallest absolute Gasteiger partial charge is 0.270 e. The average molecular weight is 399 g/mol. The molecular formula is C21H22FN3O2S. The quantitative estimate of drug-likeness (QED) is 0.653. The van der Waals surface area contributed by atoms with E-state index in [1.54, 1.807) is 24.6 Å². The fourth-order valence-corrected chi connectivity index (χ4v) is 3.61. The van der Waals surface area contributed by atoms with Gasteiger partial charge in [0, 0.05) is 17.5 Å². The molecule has 0 fully saturated rings. The lowest BCUT2D eigenvalue weighted by molar-refractivity contribution is 0.0937.